The molecule has 0 aliphatic carbocycles. The lowest BCUT2D eigenvalue weighted by Gasteiger charge is -2.22. The van der Waals surface area contributed by atoms with Crippen LogP contribution in [0.25, 0.3) is 10.8 Å². The molecule has 0 radical (unpaired) electrons. The molecule has 0 bridgehead atoms. The van der Waals surface area contributed by atoms with Gasteiger partial charge in [0.1, 0.15) is 5.75 Å². The van der Waals surface area contributed by atoms with E-state index < -0.39 is 6.10 Å². The van der Waals surface area contributed by atoms with Crippen molar-refractivity contribution in [2.75, 3.05) is 0 Å². The van der Waals surface area contributed by atoms with Crippen LogP contribution in [-0.2, 0) is 4.79 Å². The van der Waals surface area contributed by atoms with Gasteiger partial charge in [0.25, 0.3) is 5.91 Å². The van der Waals surface area contributed by atoms with E-state index in [9.17, 15) is 4.79 Å². The van der Waals surface area contributed by atoms with E-state index in [1.165, 1.54) is 5.56 Å². The molecule has 0 aliphatic heterocycles. The molecule has 0 saturated heterocycles. The molecule has 140 valence electrons. The molecule has 0 saturated carbocycles. The highest BCUT2D eigenvalue weighted by Crippen LogP contribution is 2.23. The predicted molar refractivity (Wildman–Crippen MR) is 111 cm³/mol. The van der Waals surface area contributed by atoms with Gasteiger partial charge in [-0.2, -0.15) is 0 Å². The van der Waals surface area contributed by atoms with Crippen LogP contribution in [0.4, 0.5) is 0 Å². The van der Waals surface area contributed by atoms with Gasteiger partial charge in [-0.3, -0.25) is 4.79 Å². The Morgan fingerprint density at radius 1 is 0.926 bits per heavy atom. The summed E-state index contributed by atoms with van der Waals surface area (Å²) in [5, 5.41) is 5.41. The summed E-state index contributed by atoms with van der Waals surface area (Å²) in [6, 6.07) is 22.4. The van der Waals surface area contributed by atoms with Crippen LogP contribution in [0.5, 0.6) is 5.75 Å². The van der Waals surface area contributed by atoms with Crippen molar-refractivity contribution in [3.8, 4) is 5.75 Å². The van der Waals surface area contributed by atoms with E-state index in [0.29, 0.717) is 6.42 Å². The van der Waals surface area contributed by atoms with Gasteiger partial charge in [0.2, 0.25) is 0 Å². The summed E-state index contributed by atoms with van der Waals surface area (Å²) in [7, 11) is 0. The lowest BCUT2D eigenvalue weighted by molar-refractivity contribution is -0.128. The molecule has 0 fully saturated rings. The number of carbonyl (C=O) groups excluding carboxylic acids is 1. The molecular weight excluding hydrogens is 334 g/mol. The van der Waals surface area contributed by atoms with Crippen molar-refractivity contribution in [2.24, 2.45) is 0 Å². The number of ether oxygens (including phenoxy) is 1. The van der Waals surface area contributed by atoms with Crippen LogP contribution < -0.4 is 10.1 Å². The van der Waals surface area contributed by atoms with Gasteiger partial charge in [-0.05, 0) is 48.2 Å². The monoisotopic (exact) mass is 361 g/mol. The van der Waals surface area contributed by atoms with Crippen molar-refractivity contribution in [1.29, 1.82) is 0 Å². The Morgan fingerprint density at radius 2 is 1.63 bits per heavy atom. The summed E-state index contributed by atoms with van der Waals surface area (Å²) in [5.74, 6) is 0.650. The third-order valence-corrected chi connectivity index (χ3v) is 4.87. The Hall–Kier alpha value is -2.81. The van der Waals surface area contributed by atoms with Gasteiger partial charge in [0.15, 0.2) is 6.10 Å². The summed E-state index contributed by atoms with van der Waals surface area (Å²) in [4.78, 5) is 12.8. The van der Waals surface area contributed by atoms with Gasteiger partial charge in [-0.25, -0.2) is 0 Å². The molecule has 27 heavy (non-hydrogen) atoms. The van der Waals surface area contributed by atoms with Crippen LogP contribution >= 0.6 is 0 Å². The average molecular weight is 361 g/mol. The molecule has 3 rings (SSSR count). The third kappa shape index (κ3) is 4.68. The second-order valence-corrected chi connectivity index (χ2v) is 6.90. The molecule has 3 aromatic carbocycles. The smallest absolute Gasteiger partial charge is 0.261 e. The summed E-state index contributed by atoms with van der Waals surface area (Å²) in [6.07, 6.45) is 0.940. The van der Waals surface area contributed by atoms with Crippen molar-refractivity contribution in [2.45, 2.75) is 45.8 Å². The largest absolute Gasteiger partial charge is 0.481 e. The van der Waals surface area contributed by atoms with E-state index >= 15 is 0 Å². The molecule has 0 spiro atoms. The number of amides is 1. The second-order valence-electron chi connectivity index (χ2n) is 6.90. The standard InChI is InChI=1S/C24H27NO2/c1-4-22(19-12-10-17(3)11-13-19)25-24(26)23(5-2)27-21-15-14-18-8-6-7-9-20(18)16-21/h6-16,22-23H,4-5H2,1-3H3,(H,25,26)/t22-,23+/m0/s1. The summed E-state index contributed by atoms with van der Waals surface area (Å²) < 4.78 is 6.02. The van der Waals surface area contributed by atoms with Gasteiger partial charge in [-0.1, -0.05) is 74.0 Å². The van der Waals surface area contributed by atoms with Gasteiger partial charge in [0.05, 0.1) is 6.04 Å². The summed E-state index contributed by atoms with van der Waals surface area (Å²) in [5.41, 5.74) is 2.34. The Kier molecular flexibility index (Phi) is 6.12. The fraction of sp³-hybridized carbons (Fsp3) is 0.292. The zero-order chi connectivity index (χ0) is 19.2. The fourth-order valence-corrected chi connectivity index (χ4v) is 3.21. The minimum atomic E-state index is -0.509. The summed E-state index contributed by atoms with van der Waals surface area (Å²) in [6.45, 7) is 6.11. The minimum absolute atomic E-state index is 0.00708. The van der Waals surface area contributed by atoms with Crippen LogP contribution in [0.3, 0.4) is 0 Å². The molecule has 0 aromatic heterocycles. The van der Waals surface area contributed by atoms with Gasteiger partial charge in [0, 0.05) is 0 Å². The lowest BCUT2D eigenvalue weighted by Crippen LogP contribution is -2.39. The molecule has 3 nitrogen and oxygen atoms in total. The maximum Gasteiger partial charge on any atom is 0.261 e. The molecule has 3 aromatic rings. The first-order valence-electron chi connectivity index (χ1n) is 9.63. The molecule has 0 heterocycles. The number of aryl methyl sites for hydroxylation is 1. The summed E-state index contributed by atoms with van der Waals surface area (Å²) >= 11 is 0. The number of hydrogen-bond acceptors (Lipinski definition) is 2. The van der Waals surface area contributed by atoms with Crippen LogP contribution in [0.1, 0.15) is 43.9 Å². The predicted octanol–water partition coefficient (Wildman–Crippen LogP) is 5.57. The van der Waals surface area contributed by atoms with Crippen molar-refractivity contribution >= 4 is 16.7 Å². The van der Waals surface area contributed by atoms with Crippen LogP contribution in [0, 0.1) is 6.92 Å². The lowest BCUT2D eigenvalue weighted by atomic mass is 10.0. The third-order valence-electron chi connectivity index (χ3n) is 4.87. The highest BCUT2D eigenvalue weighted by Gasteiger charge is 2.22. The highest BCUT2D eigenvalue weighted by atomic mass is 16.5. The molecule has 0 aliphatic rings. The van der Waals surface area contributed by atoms with Crippen LogP contribution in [-0.4, -0.2) is 12.0 Å². The Balaban J connectivity index is 1.71. The van der Waals surface area contributed by atoms with Crippen molar-refractivity contribution in [3.63, 3.8) is 0 Å². The fourth-order valence-electron chi connectivity index (χ4n) is 3.21. The van der Waals surface area contributed by atoms with Crippen LogP contribution in [0.15, 0.2) is 66.7 Å². The molecule has 2 atom stereocenters. The molecule has 0 unspecified atom stereocenters. The van der Waals surface area contributed by atoms with E-state index in [1.54, 1.807) is 0 Å². The van der Waals surface area contributed by atoms with Gasteiger partial charge >= 0.3 is 0 Å². The number of fused-ring (bicyclic) bond motifs is 1. The number of hydrogen-bond donors (Lipinski definition) is 1. The average Bonchev–Trinajstić information content (AvgIpc) is 2.70. The zero-order valence-electron chi connectivity index (χ0n) is 16.2. The van der Waals surface area contributed by atoms with E-state index in [0.717, 1.165) is 28.5 Å². The maximum atomic E-state index is 12.8. The van der Waals surface area contributed by atoms with E-state index in [1.807, 2.05) is 43.3 Å². The second kappa shape index (κ2) is 8.72. The van der Waals surface area contributed by atoms with E-state index in [4.69, 9.17) is 4.74 Å². The zero-order valence-corrected chi connectivity index (χ0v) is 16.2. The Labute approximate surface area is 161 Å². The number of carbonyl (C=O) groups is 1. The highest BCUT2D eigenvalue weighted by molar-refractivity contribution is 5.84. The first kappa shape index (κ1) is 19.0. The Bertz CT molecular complexity index is 902. The van der Waals surface area contributed by atoms with Crippen molar-refractivity contribution < 1.29 is 9.53 Å². The maximum absolute atomic E-state index is 12.8. The molecule has 3 heteroatoms. The SMILES string of the molecule is CC[C@H](NC(=O)[C@@H](CC)Oc1ccc2ccccc2c1)c1ccc(C)cc1. The molecule has 1 amide bonds. The minimum Gasteiger partial charge on any atom is -0.481 e. The van der Waals surface area contributed by atoms with Crippen molar-refractivity contribution in [3.05, 3.63) is 77.9 Å². The van der Waals surface area contributed by atoms with Crippen molar-refractivity contribution in [1.82, 2.24) is 5.32 Å². The first-order valence-corrected chi connectivity index (χ1v) is 9.63. The topological polar surface area (TPSA) is 38.3 Å². The number of nitrogens with one attached hydrogen (secondary N) is 1. The normalized spacial score (nSPS) is 13.1. The van der Waals surface area contributed by atoms with E-state index in [2.05, 4.69) is 49.5 Å². The Morgan fingerprint density at radius 3 is 2.30 bits per heavy atom. The van der Waals surface area contributed by atoms with Gasteiger partial charge < -0.3 is 10.1 Å². The van der Waals surface area contributed by atoms with E-state index in [-0.39, 0.29) is 11.9 Å². The number of benzene rings is 3. The van der Waals surface area contributed by atoms with Gasteiger partial charge in [-0.15, -0.1) is 0 Å². The first-order chi connectivity index (χ1) is 13.1. The number of rotatable bonds is 7. The molecule has 1 N–H and O–H groups in total. The quantitative estimate of drug-likeness (QED) is 0.597. The molecular formula is C24H27NO2. The van der Waals surface area contributed by atoms with Crippen LogP contribution in [0.2, 0.25) is 0 Å².